The summed E-state index contributed by atoms with van der Waals surface area (Å²) in [6.45, 7) is 0.685. The Morgan fingerprint density at radius 2 is 2.12 bits per heavy atom. The van der Waals surface area contributed by atoms with Crippen molar-refractivity contribution in [3.8, 4) is 11.5 Å². The minimum Gasteiger partial charge on any atom is -0.497 e. The molecule has 3 heteroatoms. The van der Waals surface area contributed by atoms with E-state index in [1.807, 2.05) is 24.3 Å². The van der Waals surface area contributed by atoms with Gasteiger partial charge in [-0.2, -0.15) is 0 Å². The van der Waals surface area contributed by atoms with Gasteiger partial charge >= 0.3 is 0 Å². The summed E-state index contributed by atoms with van der Waals surface area (Å²) in [7, 11) is 1.65. The van der Waals surface area contributed by atoms with Gasteiger partial charge in [-0.3, -0.25) is 0 Å². The van der Waals surface area contributed by atoms with E-state index in [9.17, 15) is 0 Å². The second-order valence-electron chi connectivity index (χ2n) is 4.32. The molecule has 0 aromatic heterocycles. The molecule has 1 aliphatic carbocycles. The summed E-state index contributed by atoms with van der Waals surface area (Å²) in [5, 5.41) is 0. The average Bonchev–Trinajstić information content (AvgIpc) is 3.13. The summed E-state index contributed by atoms with van der Waals surface area (Å²) in [4.78, 5) is 0. The van der Waals surface area contributed by atoms with Crippen LogP contribution in [0.2, 0.25) is 0 Å². The van der Waals surface area contributed by atoms with Gasteiger partial charge in [0, 0.05) is 12.1 Å². The maximum Gasteiger partial charge on any atom is 0.122 e. The molecule has 1 fully saturated rings. The molecule has 2 N–H and O–H groups in total. The van der Waals surface area contributed by atoms with Crippen LogP contribution in [0.1, 0.15) is 19.3 Å². The van der Waals surface area contributed by atoms with Crippen LogP contribution >= 0.6 is 0 Å². The van der Waals surface area contributed by atoms with Crippen molar-refractivity contribution in [2.75, 3.05) is 13.7 Å². The van der Waals surface area contributed by atoms with E-state index in [1.165, 1.54) is 12.8 Å². The van der Waals surface area contributed by atoms with Crippen molar-refractivity contribution in [2.24, 2.45) is 11.7 Å². The smallest absolute Gasteiger partial charge is 0.122 e. The Labute approximate surface area is 96.5 Å². The zero-order valence-electron chi connectivity index (χ0n) is 9.69. The van der Waals surface area contributed by atoms with E-state index in [0.717, 1.165) is 23.8 Å². The summed E-state index contributed by atoms with van der Waals surface area (Å²) < 4.78 is 10.8. The Morgan fingerprint density at radius 3 is 2.81 bits per heavy atom. The third-order valence-electron chi connectivity index (χ3n) is 2.99. The van der Waals surface area contributed by atoms with Crippen LogP contribution in [-0.2, 0) is 0 Å². The number of benzene rings is 1. The molecule has 0 radical (unpaired) electrons. The fourth-order valence-electron chi connectivity index (χ4n) is 1.76. The normalized spacial score (nSPS) is 16.9. The van der Waals surface area contributed by atoms with Crippen LogP contribution < -0.4 is 15.2 Å². The Hall–Kier alpha value is -1.22. The van der Waals surface area contributed by atoms with Crippen LogP contribution in [0.15, 0.2) is 24.3 Å². The first-order valence-electron chi connectivity index (χ1n) is 5.82. The molecule has 0 bridgehead atoms. The number of nitrogens with two attached hydrogens (primary N) is 1. The Kier molecular flexibility index (Phi) is 3.67. The third kappa shape index (κ3) is 3.14. The van der Waals surface area contributed by atoms with Gasteiger partial charge in [0.05, 0.1) is 13.7 Å². The summed E-state index contributed by atoms with van der Waals surface area (Å²) in [5.74, 6) is 2.42. The lowest BCUT2D eigenvalue weighted by atomic mass is 10.1. The Morgan fingerprint density at radius 1 is 1.38 bits per heavy atom. The van der Waals surface area contributed by atoms with E-state index in [-0.39, 0.29) is 0 Å². The first kappa shape index (κ1) is 11.3. The molecule has 0 saturated heterocycles. The fraction of sp³-hybridized carbons (Fsp3) is 0.538. The molecule has 0 aliphatic heterocycles. The van der Waals surface area contributed by atoms with Gasteiger partial charge < -0.3 is 15.2 Å². The summed E-state index contributed by atoms with van der Waals surface area (Å²) >= 11 is 0. The zero-order valence-corrected chi connectivity index (χ0v) is 9.69. The highest BCUT2D eigenvalue weighted by atomic mass is 16.5. The van der Waals surface area contributed by atoms with Crippen molar-refractivity contribution in [3.05, 3.63) is 24.3 Å². The molecule has 2 rings (SSSR count). The van der Waals surface area contributed by atoms with Gasteiger partial charge in [0.25, 0.3) is 0 Å². The molecule has 1 unspecified atom stereocenters. The average molecular weight is 221 g/mol. The lowest BCUT2D eigenvalue weighted by Gasteiger charge is -2.11. The monoisotopic (exact) mass is 221 g/mol. The van der Waals surface area contributed by atoms with Crippen molar-refractivity contribution < 1.29 is 9.47 Å². The summed E-state index contributed by atoms with van der Waals surface area (Å²) in [5.41, 5.74) is 5.99. The molecule has 3 nitrogen and oxygen atoms in total. The van der Waals surface area contributed by atoms with E-state index in [2.05, 4.69) is 0 Å². The van der Waals surface area contributed by atoms with E-state index in [1.54, 1.807) is 7.11 Å². The van der Waals surface area contributed by atoms with E-state index < -0.39 is 0 Å². The molecule has 1 saturated carbocycles. The Bertz CT molecular complexity index is 336. The fourth-order valence-corrected chi connectivity index (χ4v) is 1.76. The highest BCUT2D eigenvalue weighted by Gasteiger charge is 2.27. The SMILES string of the molecule is COc1cccc(OCCC(N)C2CC2)c1. The maximum atomic E-state index is 5.99. The second kappa shape index (κ2) is 5.21. The number of methoxy groups -OCH3 is 1. The van der Waals surface area contributed by atoms with Crippen molar-refractivity contribution in [2.45, 2.75) is 25.3 Å². The third-order valence-corrected chi connectivity index (χ3v) is 2.99. The molecule has 1 aromatic rings. The predicted molar refractivity (Wildman–Crippen MR) is 63.8 cm³/mol. The largest absolute Gasteiger partial charge is 0.497 e. The van der Waals surface area contributed by atoms with E-state index in [0.29, 0.717) is 12.6 Å². The van der Waals surface area contributed by atoms with Gasteiger partial charge in [-0.05, 0) is 37.3 Å². The van der Waals surface area contributed by atoms with Crippen LogP contribution in [0.4, 0.5) is 0 Å². The van der Waals surface area contributed by atoms with Gasteiger partial charge in [0.2, 0.25) is 0 Å². The maximum absolute atomic E-state index is 5.99. The van der Waals surface area contributed by atoms with E-state index >= 15 is 0 Å². The van der Waals surface area contributed by atoms with Crippen LogP contribution in [0.3, 0.4) is 0 Å². The number of ether oxygens (including phenoxy) is 2. The number of hydrogen-bond acceptors (Lipinski definition) is 3. The summed E-state index contributed by atoms with van der Waals surface area (Å²) in [6.07, 6.45) is 3.52. The highest BCUT2D eigenvalue weighted by Crippen LogP contribution is 2.32. The molecule has 1 atom stereocenters. The van der Waals surface area contributed by atoms with Gasteiger partial charge in [-0.25, -0.2) is 0 Å². The minimum absolute atomic E-state index is 0.311. The van der Waals surface area contributed by atoms with Crippen LogP contribution in [0.25, 0.3) is 0 Å². The van der Waals surface area contributed by atoms with Gasteiger partial charge in [0.15, 0.2) is 0 Å². The van der Waals surface area contributed by atoms with Crippen LogP contribution in [0.5, 0.6) is 11.5 Å². The molecule has 0 heterocycles. The molecular weight excluding hydrogens is 202 g/mol. The van der Waals surface area contributed by atoms with Crippen molar-refractivity contribution in [1.82, 2.24) is 0 Å². The topological polar surface area (TPSA) is 44.5 Å². The molecule has 0 spiro atoms. The van der Waals surface area contributed by atoms with Crippen molar-refractivity contribution >= 4 is 0 Å². The van der Waals surface area contributed by atoms with Crippen molar-refractivity contribution in [1.29, 1.82) is 0 Å². The van der Waals surface area contributed by atoms with Crippen LogP contribution in [0, 0.1) is 5.92 Å². The van der Waals surface area contributed by atoms with Crippen molar-refractivity contribution in [3.63, 3.8) is 0 Å². The molecule has 88 valence electrons. The molecule has 16 heavy (non-hydrogen) atoms. The second-order valence-corrected chi connectivity index (χ2v) is 4.32. The van der Waals surface area contributed by atoms with Gasteiger partial charge in [-0.15, -0.1) is 0 Å². The predicted octanol–water partition coefficient (Wildman–Crippen LogP) is 2.20. The lowest BCUT2D eigenvalue weighted by Crippen LogP contribution is -2.24. The van der Waals surface area contributed by atoms with Crippen LogP contribution in [-0.4, -0.2) is 19.8 Å². The molecule has 1 aromatic carbocycles. The van der Waals surface area contributed by atoms with Gasteiger partial charge in [-0.1, -0.05) is 6.07 Å². The quantitative estimate of drug-likeness (QED) is 0.801. The highest BCUT2D eigenvalue weighted by molar-refractivity contribution is 5.32. The standard InChI is InChI=1S/C13H19NO2/c1-15-11-3-2-4-12(9-11)16-8-7-13(14)10-5-6-10/h2-4,9-10,13H,5-8,14H2,1H3. The number of rotatable bonds is 6. The molecule has 1 aliphatic rings. The molecule has 0 amide bonds. The minimum atomic E-state index is 0.311. The molecular formula is C13H19NO2. The number of hydrogen-bond donors (Lipinski definition) is 1. The first-order chi connectivity index (χ1) is 7.79. The Balaban J connectivity index is 1.75. The zero-order chi connectivity index (χ0) is 11.4. The summed E-state index contributed by atoms with van der Waals surface area (Å²) in [6, 6.07) is 7.97. The van der Waals surface area contributed by atoms with E-state index in [4.69, 9.17) is 15.2 Å². The first-order valence-corrected chi connectivity index (χ1v) is 5.82. The lowest BCUT2D eigenvalue weighted by molar-refractivity contribution is 0.290. The van der Waals surface area contributed by atoms with Gasteiger partial charge in [0.1, 0.15) is 11.5 Å².